The molecule has 0 aliphatic heterocycles. The van der Waals surface area contributed by atoms with Gasteiger partial charge in [0, 0.05) is 23.6 Å². The second kappa shape index (κ2) is 7.90. The molecule has 128 valence electrons. The molecule has 26 heavy (non-hydrogen) atoms. The third-order valence-electron chi connectivity index (χ3n) is 3.64. The molecule has 1 N–H and O–H groups in total. The highest BCUT2D eigenvalue weighted by Crippen LogP contribution is 2.18. The van der Waals surface area contributed by atoms with Crippen LogP contribution in [0.15, 0.2) is 67.0 Å². The second-order valence-electron chi connectivity index (χ2n) is 5.54. The van der Waals surface area contributed by atoms with Gasteiger partial charge >= 0.3 is 0 Å². The largest absolute Gasteiger partial charge is 0.481 e. The van der Waals surface area contributed by atoms with Gasteiger partial charge in [0.15, 0.2) is 11.9 Å². The second-order valence-corrected chi connectivity index (χ2v) is 5.54. The quantitative estimate of drug-likeness (QED) is 0.766. The lowest BCUT2D eigenvalue weighted by molar-refractivity contribution is -0.122. The molecule has 0 aliphatic carbocycles. The Balaban J connectivity index is 1.61. The van der Waals surface area contributed by atoms with Crippen LogP contribution in [-0.4, -0.2) is 22.0 Å². The van der Waals surface area contributed by atoms with Gasteiger partial charge in [0.05, 0.1) is 11.6 Å². The first-order chi connectivity index (χ1) is 12.7. The Labute approximate surface area is 151 Å². The molecule has 0 aliphatic rings. The van der Waals surface area contributed by atoms with E-state index in [1.165, 1.54) is 0 Å². The Morgan fingerprint density at radius 3 is 2.35 bits per heavy atom. The van der Waals surface area contributed by atoms with Gasteiger partial charge in [0.25, 0.3) is 5.91 Å². The summed E-state index contributed by atoms with van der Waals surface area (Å²) in [5.41, 5.74) is 2.06. The zero-order valence-electron chi connectivity index (χ0n) is 14.1. The van der Waals surface area contributed by atoms with Crippen LogP contribution < -0.4 is 10.1 Å². The van der Waals surface area contributed by atoms with E-state index in [4.69, 9.17) is 10.00 Å². The summed E-state index contributed by atoms with van der Waals surface area (Å²) in [5.74, 6) is 0.893. The minimum atomic E-state index is -0.680. The van der Waals surface area contributed by atoms with Gasteiger partial charge in [-0.1, -0.05) is 0 Å². The van der Waals surface area contributed by atoms with E-state index in [1.807, 2.05) is 18.2 Å². The fraction of sp³-hybridized carbons (Fsp3) is 0.100. The molecule has 0 saturated carbocycles. The molecule has 2 aromatic carbocycles. The van der Waals surface area contributed by atoms with Crippen molar-refractivity contribution < 1.29 is 9.53 Å². The Kier molecular flexibility index (Phi) is 5.20. The van der Waals surface area contributed by atoms with E-state index in [0.717, 1.165) is 5.56 Å². The highest BCUT2D eigenvalue weighted by atomic mass is 16.5. The lowest BCUT2D eigenvalue weighted by Crippen LogP contribution is -2.30. The van der Waals surface area contributed by atoms with E-state index >= 15 is 0 Å². The molecular formula is C20H16N4O2. The number of nitriles is 1. The number of carbonyl (C=O) groups excluding carboxylic acids is 1. The van der Waals surface area contributed by atoms with Crippen molar-refractivity contribution in [3.8, 4) is 23.2 Å². The molecule has 0 bridgehead atoms. The van der Waals surface area contributed by atoms with Crippen molar-refractivity contribution in [2.75, 3.05) is 5.32 Å². The van der Waals surface area contributed by atoms with Crippen molar-refractivity contribution in [1.82, 2.24) is 9.97 Å². The fourth-order valence-electron chi connectivity index (χ4n) is 2.26. The predicted molar refractivity (Wildman–Crippen MR) is 97.3 cm³/mol. The standard InChI is InChI=1S/C20H16N4O2/c1-14(26-18-9-3-15(13-21)4-10-18)20(25)24-17-7-5-16(6-8-17)19-22-11-2-12-23-19/h2-12,14H,1H3,(H,24,25)/t14-/m1/s1. The average Bonchev–Trinajstić information content (AvgIpc) is 2.70. The van der Waals surface area contributed by atoms with Crippen molar-refractivity contribution in [2.45, 2.75) is 13.0 Å². The van der Waals surface area contributed by atoms with Crippen molar-refractivity contribution in [3.63, 3.8) is 0 Å². The summed E-state index contributed by atoms with van der Waals surface area (Å²) in [5, 5.41) is 11.6. The lowest BCUT2D eigenvalue weighted by Gasteiger charge is -2.15. The number of ether oxygens (including phenoxy) is 1. The molecule has 3 aromatic rings. The first-order valence-electron chi connectivity index (χ1n) is 8.01. The molecule has 0 unspecified atom stereocenters. The molecule has 1 atom stereocenters. The first kappa shape index (κ1) is 17.1. The van der Waals surface area contributed by atoms with Crippen LogP contribution in [0.3, 0.4) is 0 Å². The van der Waals surface area contributed by atoms with Gasteiger partial charge in [-0.2, -0.15) is 5.26 Å². The SMILES string of the molecule is C[C@@H](Oc1ccc(C#N)cc1)C(=O)Nc1ccc(-c2ncccn2)cc1. The predicted octanol–water partition coefficient (Wildman–Crippen LogP) is 3.42. The molecule has 0 spiro atoms. The van der Waals surface area contributed by atoms with Crippen LogP contribution in [0.25, 0.3) is 11.4 Å². The van der Waals surface area contributed by atoms with Gasteiger partial charge in [0.1, 0.15) is 5.75 Å². The average molecular weight is 344 g/mol. The summed E-state index contributed by atoms with van der Waals surface area (Å²) in [4.78, 5) is 20.7. The highest BCUT2D eigenvalue weighted by Gasteiger charge is 2.15. The van der Waals surface area contributed by atoms with E-state index in [-0.39, 0.29) is 5.91 Å². The molecule has 1 amide bonds. The maximum absolute atomic E-state index is 12.3. The van der Waals surface area contributed by atoms with Gasteiger partial charge in [-0.25, -0.2) is 9.97 Å². The molecular weight excluding hydrogens is 328 g/mol. The number of rotatable bonds is 5. The zero-order chi connectivity index (χ0) is 18.4. The molecule has 3 rings (SSSR count). The minimum absolute atomic E-state index is 0.266. The summed E-state index contributed by atoms with van der Waals surface area (Å²) in [6, 6.07) is 17.7. The van der Waals surface area contributed by atoms with Gasteiger partial charge in [-0.05, 0) is 61.5 Å². The number of nitrogens with one attached hydrogen (secondary N) is 1. The Hall–Kier alpha value is -3.72. The molecule has 0 saturated heterocycles. The molecule has 1 aromatic heterocycles. The van der Waals surface area contributed by atoms with Crippen molar-refractivity contribution in [1.29, 1.82) is 5.26 Å². The summed E-state index contributed by atoms with van der Waals surface area (Å²) in [6.45, 7) is 1.67. The topological polar surface area (TPSA) is 87.9 Å². The highest BCUT2D eigenvalue weighted by molar-refractivity contribution is 5.94. The fourth-order valence-corrected chi connectivity index (χ4v) is 2.26. The smallest absolute Gasteiger partial charge is 0.265 e. The van der Waals surface area contributed by atoms with Crippen LogP contribution in [0.5, 0.6) is 5.75 Å². The number of carbonyl (C=O) groups is 1. The maximum Gasteiger partial charge on any atom is 0.265 e. The first-order valence-corrected chi connectivity index (χ1v) is 8.01. The Morgan fingerprint density at radius 2 is 1.73 bits per heavy atom. The number of hydrogen-bond donors (Lipinski definition) is 1. The van der Waals surface area contributed by atoms with Crippen LogP contribution in [-0.2, 0) is 4.79 Å². The summed E-state index contributed by atoms with van der Waals surface area (Å²) >= 11 is 0. The van der Waals surface area contributed by atoms with E-state index < -0.39 is 6.10 Å². The lowest BCUT2D eigenvalue weighted by atomic mass is 10.2. The number of hydrogen-bond acceptors (Lipinski definition) is 5. The number of nitrogens with zero attached hydrogens (tertiary/aromatic N) is 3. The number of anilines is 1. The third kappa shape index (κ3) is 4.22. The third-order valence-corrected chi connectivity index (χ3v) is 3.64. The van der Waals surface area contributed by atoms with Crippen LogP contribution in [0.4, 0.5) is 5.69 Å². The van der Waals surface area contributed by atoms with Crippen LogP contribution in [0.2, 0.25) is 0 Å². The molecule has 0 fully saturated rings. The van der Waals surface area contributed by atoms with E-state index in [2.05, 4.69) is 15.3 Å². The van der Waals surface area contributed by atoms with Gasteiger partial charge in [0.2, 0.25) is 0 Å². The number of benzene rings is 2. The summed E-state index contributed by atoms with van der Waals surface area (Å²) in [6.07, 6.45) is 2.68. The summed E-state index contributed by atoms with van der Waals surface area (Å²) < 4.78 is 5.60. The molecule has 6 nitrogen and oxygen atoms in total. The monoisotopic (exact) mass is 344 g/mol. The number of amides is 1. The summed E-state index contributed by atoms with van der Waals surface area (Å²) in [7, 11) is 0. The zero-order valence-corrected chi connectivity index (χ0v) is 14.1. The van der Waals surface area contributed by atoms with E-state index in [1.54, 1.807) is 61.8 Å². The Morgan fingerprint density at radius 1 is 1.08 bits per heavy atom. The van der Waals surface area contributed by atoms with Gasteiger partial charge in [-0.15, -0.1) is 0 Å². The van der Waals surface area contributed by atoms with Crippen LogP contribution in [0.1, 0.15) is 12.5 Å². The molecule has 6 heteroatoms. The van der Waals surface area contributed by atoms with Crippen LogP contribution >= 0.6 is 0 Å². The maximum atomic E-state index is 12.3. The minimum Gasteiger partial charge on any atom is -0.481 e. The van der Waals surface area contributed by atoms with Crippen molar-refractivity contribution >= 4 is 11.6 Å². The molecule has 0 radical (unpaired) electrons. The van der Waals surface area contributed by atoms with Crippen molar-refractivity contribution in [3.05, 3.63) is 72.6 Å². The van der Waals surface area contributed by atoms with E-state index in [0.29, 0.717) is 22.8 Å². The molecule has 1 heterocycles. The Bertz CT molecular complexity index is 917. The van der Waals surface area contributed by atoms with E-state index in [9.17, 15) is 4.79 Å². The van der Waals surface area contributed by atoms with Crippen molar-refractivity contribution in [2.24, 2.45) is 0 Å². The normalized spacial score (nSPS) is 11.2. The van der Waals surface area contributed by atoms with Crippen LogP contribution in [0, 0.1) is 11.3 Å². The number of aromatic nitrogens is 2. The van der Waals surface area contributed by atoms with Gasteiger partial charge < -0.3 is 10.1 Å². The van der Waals surface area contributed by atoms with Gasteiger partial charge in [-0.3, -0.25) is 4.79 Å².